The molecule has 0 radical (unpaired) electrons. The van der Waals surface area contributed by atoms with Gasteiger partial charge < -0.3 is 0 Å². The van der Waals surface area contributed by atoms with Crippen LogP contribution in [0, 0.1) is 5.92 Å². The van der Waals surface area contributed by atoms with E-state index in [-0.39, 0.29) is 41.4 Å². The van der Waals surface area contributed by atoms with E-state index in [0.29, 0.717) is 6.42 Å². The van der Waals surface area contributed by atoms with E-state index >= 15 is 0 Å². The SMILES string of the molecule is O=C(CSc1ccc2ccccc2c1)NNC(=O)C[C@@H]1CCS(=O)(=O)C1. The average Bonchev–Trinajstić information content (AvgIpc) is 2.96. The molecule has 26 heavy (non-hydrogen) atoms. The van der Waals surface area contributed by atoms with Gasteiger partial charge in [-0.15, -0.1) is 11.8 Å². The predicted molar refractivity (Wildman–Crippen MR) is 102 cm³/mol. The lowest BCUT2D eigenvalue weighted by atomic mass is 10.1. The molecule has 0 saturated carbocycles. The Morgan fingerprint density at radius 1 is 1.04 bits per heavy atom. The van der Waals surface area contributed by atoms with Crippen LogP contribution < -0.4 is 10.9 Å². The van der Waals surface area contributed by atoms with Crippen LogP contribution in [-0.4, -0.2) is 37.5 Å². The summed E-state index contributed by atoms with van der Waals surface area (Å²) in [5.74, 6) is -0.474. The third-order valence-electron chi connectivity index (χ3n) is 4.23. The summed E-state index contributed by atoms with van der Waals surface area (Å²) in [5.41, 5.74) is 4.73. The minimum Gasteiger partial charge on any atom is -0.273 e. The highest BCUT2D eigenvalue weighted by Crippen LogP contribution is 2.23. The molecule has 2 amide bonds. The molecule has 1 heterocycles. The fourth-order valence-corrected chi connectivity index (χ4v) is 5.53. The summed E-state index contributed by atoms with van der Waals surface area (Å²) in [7, 11) is -3.00. The van der Waals surface area contributed by atoms with Gasteiger partial charge in [0, 0.05) is 11.3 Å². The van der Waals surface area contributed by atoms with Crippen LogP contribution in [0.4, 0.5) is 0 Å². The summed E-state index contributed by atoms with van der Waals surface area (Å²) in [6.45, 7) is 0. The zero-order chi connectivity index (χ0) is 18.6. The summed E-state index contributed by atoms with van der Waals surface area (Å²) in [5, 5.41) is 2.25. The van der Waals surface area contributed by atoms with Crippen molar-refractivity contribution in [1.29, 1.82) is 0 Å². The molecule has 3 rings (SSSR count). The molecular weight excluding hydrogens is 372 g/mol. The number of rotatable bonds is 5. The second-order valence-electron chi connectivity index (χ2n) is 6.37. The average molecular weight is 393 g/mol. The number of carbonyl (C=O) groups excluding carboxylic acids is 2. The molecule has 2 N–H and O–H groups in total. The van der Waals surface area contributed by atoms with Crippen molar-refractivity contribution in [2.75, 3.05) is 17.3 Å². The lowest BCUT2D eigenvalue weighted by Crippen LogP contribution is -2.43. The van der Waals surface area contributed by atoms with Crippen LogP contribution in [0.15, 0.2) is 47.4 Å². The number of thioether (sulfide) groups is 1. The molecule has 2 aromatic rings. The van der Waals surface area contributed by atoms with E-state index in [1.54, 1.807) is 0 Å². The van der Waals surface area contributed by atoms with Crippen LogP contribution in [-0.2, 0) is 19.4 Å². The molecule has 1 aliphatic rings. The molecule has 1 atom stereocenters. The lowest BCUT2D eigenvalue weighted by molar-refractivity contribution is -0.128. The Kier molecular flexibility index (Phi) is 5.83. The van der Waals surface area contributed by atoms with Gasteiger partial charge in [-0.1, -0.05) is 30.3 Å². The predicted octanol–water partition coefficient (Wildman–Crippen LogP) is 1.90. The molecular formula is C18H20N2O4S2. The molecule has 6 nitrogen and oxygen atoms in total. The maximum atomic E-state index is 11.9. The number of carbonyl (C=O) groups is 2. The first-order valence-corrected chi connectivity index (χ1v) is 11.1. The number of amides is 2. The highest BCUT2D eigenvalue weighted by molar-refractivity contribution is 8.00. The summed E-state index contributed by atoms with van der Waals surface area (Å²) in [6.07, 6.45) is 0.610. The molecule has 1 aliphatic heterocycles. The van der Waals surface area contributed by atoms with Crippen molar-refractivity contribution in [1.82, 2.24) is 10.9 Å². The standard InChI is InChI=1S/C18H20N2O4S2/c21-17(9-13-7-8-26(23,24)12-13)19-20-18(22)11-25-16-6-5-14-3-1-2-4-15(14)10-16/h1-6,10,13H,7-9,11-12H2,(H,19,21)(H,20,22)/t13-/m0/s1. The van der Waals surface area contributed by atoms with Crippen LogP contribution in [0.1, 0.15) is 12.8 Å². The van der Waals surface area contributed by atoms with Gasteiger partial charge in [-0.3, -0.25) is 20.4 Å². The van der Waals surface area contributed by atoms with Gasteiger partial charge in [0.1, 0.15) is 0 Å². The minimum atomic E-state index is -3.00. The molecule has 0 spiro atoms. The lowest BCUT2D eigenvalue weighted by Gasteiger charge is -2.10. The van der Waals surface area contributed by atoms with Gasteiger partial charge in [0.15, 0.2) is 9.84 Å². The van der Waals surface area contributed by atoms with Crippen LogP contribution in [0.2, 0.25) is 0 Å². The number of sulfone groups is 1. The van der Waals surface area contributed by atoms with Crippen LogP contribution >= 0.6 is 11.8 Å². The number of hydrogen-bond donors (Lipinski definition) is 2. The van der Waals surface area contributed by atoms with E-state index < -0.39 is 9.84 Å². The van der Waals surface area contributed by atoms with Crippen molar-refractivity contribution < 1.29 is 18.0 Å². The first kappa shape index (κ1) is 18.7. The maximum absolute atomic E-state index is 11.9. The number of fused-ring (bicyclic) bond motifs is 1. The summed E-state index contributed by atoms with van der Waals surface area (Å²) in [4.78, 5) is 24.7. The molecule has 138 valence electrons. The third-order valence-corrected chi connectivity index (χ3v) is 7.06. The largest absolute Gasteiger partial charge is 0.273 e. The summed E-state index contributed by atoms with van der Waals surface area (Å²) in [6, 6.07) is 14.0. The Balaban J connectivity index is 1.41. The van der Waals surface area contributed by atoms with Crippen LogP contribution in [0.5, 0.6) is 0 Å². The molecule has 1 fully saturated rings. The second-order valence-corrected chi connectivity index (χ2v) is 9.64. The highest BCUT2D eigenvalue weighted by atomic mass is 32.2. The van der Waals surface area contributed by atoms with Gasteiger partial charge in [0.05, 0.1) is 17.3 Å². The van der Waals surface area contributed by atoms with Gasteiger partial charge in [-0.2, -0.15) is 0 Å². The van der Waals surface area contributed by atoms with E-state index in [1.807, 2.05) is 42.5 Å². The van der Waals surface area contributed by atoms with Gasteiger partial charge in [-0.05, 0) is 35.2 Å². The molecule has 8 heteroatoms. The van der Waals surface area contributed by atoms with Gasteiger partial charge in [0.2, 0.25) is 11.8 Å². The van der Waals surface area contributed by atoms with Crippen molar-refractivity contribution in [2.24, 2.45) is 5.92 Å². The van der Waals surface area contributed by atoms with E-state index in [0.717, 1.165) is 15.7 Å². The van der Waals surface area contributed by atoms with Crippen molar-refractivity contribution >= 4 is 44.2 Å². The van der Waals surface area contributed by atoms with E-state index in [4.69, 9.17) is 0 Å². The topological polar surface area (TPSA) is 92.3 Å². The minimum absolute atomic E-state index is 0.0478. The van der Waals surface area contributed by atoms with Gasteiger partial charge >= 0.3 is 0 Å². The maximum Gasteiger partial charge on any atom is 0.248 e. The molecule has 1 saturated heterocycles. The third kappa shape index (κ3) is 5.22. The number of nitrogens with one attached hydrogen (secondary N) is 2. The zero-order valence-corrected chi connectivity index (χ0v) is 15.7. The zero-order valence-electron chi connectivity index (χ0n) is 14.1. The fraction of sp³-hybridized carbons (Fsp3) is 0.333. The molecule has 0 bridgehead atoms. The fourth-order valence-electron chi connectivity index (χ4n) is 2.93. The van der Waals surface area contributed by atoms with E-state index in [1.165, 1.54) is 11.8 Å². The summed E-state index contributed by atoms with van der Waals surface area (Å²) < 4.78 is 22.8. The number of benzene rings is 2. The Morgan fingerprint density at radius 3 is 2.50 bits per heavy atom. The smallest absolute Gasteiger partial charge is 0.248 e. The van der Waals surface area contributed by atoms with Crippen molar-refractivity contribution in [3.63, 3.8) is 0 Å². The molecule has 0 unspecified atom stereocenters. The second kappa shape index (κ2) is 8.09. The van der Waals surface area contributed by atoms with Crippen molar-refractivity contribution in [2.45, 2.75) is 17.7 Å². The Labute approximate surface area is 156 Å². The van der Waals surface area contributed by atoms with Crippen molar-refractivity contribution in [3.05, 3.63) is 42.5 Å². The van der Waals surface area contributed by atoms with Crippen molar-refractivity contribution in [3.8, 4) is 0 Å². The molecule has 0 aromatic heterocycles. The number of hydrazine groups is 1. The Hall–Kier alpha value is -2.06. The van der Waals surface area contributed by atoms with Crippen LogP contribution in [0.25, 0.3) is 10.8 Å². The highest BCUT2D eigenvalue weighted by Gasteiger charge is 2.29. The summed E-state index contributed by atoms with van der Waals surface area (Å²) >= 11 is 1.39. The van der Waals surface area contributed by atoms with Crippen LogP contribution in [0.3, 0.4) is 0 Å². The molecule has 0 aliphatic carbocycles. The Bertz CT molecular complexity index is 928. The Morgan fingerprint density at radius 2 is 1.77 bits per heavy atom. The van der Waals surface area contributed by atoms with Gasteiger partial charge in [-0.25, -0.2) is 8.42 Å². The van der Waals surface area contributed by atoms with E-state index in [2.05, 4.69) is 10.9 Å². The normalized spacial score (nSPS) is 18.5. The quantitative estimate of drug-likeness (QED) is 0.599. The first-order chi connectivity index (χ1) is 12.4. The van der Waals surface area contributed by atoms with Gasteiger partial charge in [0.25, 0.3) is 0 Å². The number of hydrogen-bond acceptors (Lipinski definition) is 5. The molecule has 2 aromatic carbocycles. The van der Waals surface area contributed by atoms with E-state index in [9.17, 15) is 18.0 Å². The monoisotopic (exact) mass is 392 g/mol. The first-order valence-electron chi connectivity index (χ1n) is 8.31.